The number of hydrogen-bond acceptors (Lipinski definition) is 4. The smallest absolute Gasteiger partial charge is 0.372 e. The number of amides is 1. The van der Waals surface area contributed by atoms with Gasteiger partial charge in [0.15, 0.2) is 0 Å². The quantitative estimate of drug-likeness (QED) is 0.804. The standard InChI is InChI=1S/C16H22F3N3O2/c1-21-7-9-22(10-8-21)14-4-2-13(3-5-14)20-15(23)6-11-24-12-16(17,18)19/h2-5H,6-12H2,1H3,(H,20,23). The minimum Gasteiger partial charge on any atom is -0.372 e. The first-order valence-corrected chi connectivity index (χ1v) is 7.81. The Morgan fingerprint density at radius 1 is 1.17 bits per heavy atom. The molecule has 0 aromatic heterocycles. The fourth-order valence-corrected chi connectivity index (χ4v) is 2.40. The Morgan fingerprint density at radius 3 is 2.38 bits per heavy atom. The van der Waals surface area contributed by atoms with Crippen LogP contribution in [0.3, 0.4) is 0 Å². The Morgan fingerprint density at radius 2 is 1.79 bits per heavy atom. The Kier molecular flexibility index (Phi) is 6.44. The van der Waals surface area contributed by atoms with Crippen molar-refractivity contribution < 1.29 is 22.7 Å². The number of nitrogens with zero attached hydrogens (tertiary/aromatic N) is 2. The summed E-state index contributed by atoms with van der Waals surface area (Å²) >= 11 is 0. The average molecular weight is 345 g/mol. The molecule has 24 heavy (non-hydrogen) atoms. The summed E-state index contributed by atoms with van der Waals surface area (Å²) in [5.41, 5.74) is 1.71. The maximum atomic E-state index is 11.9. The highest BCUT2D eigenvalue weighted by atomic mass is 19.4. The third kappa shape index (κ3) is 6.37. The second-order valence-electron chi connectivity index (χ2n) is 5.80. The summed E-state index contributed by atoms with van der Waals surface area (Å²) in [6.07, 6.45) is -4.48. The lowest BCUT2D eigenvalue weighted by atomic mass is 10.2. The van der Waals surface area contributed by atoms with Crippen molar-refractivity contribution >= 4 is 17.3 Å². The molecule has 0 radical (unpaired) electrons. The van der Waals surface area contributed by atoms with Crippen molar-refractivity contribution in [2.75, 3.05) is 56.7 Å². The molecule has 2 rings (SSSR count). The van der Waals surface area contributed by atoms with Crippen molar-refractivity contribution in [2.24, 2.45) is 0 Å². The van der Waals surface area contributed by atoms with Gasteiger partial charge in [-0.05, 0) is 31.3 Å². The first kappa shape index (κ1) is 18.5. The van der Waals surface area contributed by atoms with Gasteiger partial charge < -0.3 is 19.9 Å². The van der Waals surface area contributed by atoms with Gasteiger partial charge in [0.25, 0.3) is 0 Å². The van der Waals surface area contributed by atoms with Gasteiger partial charge in [0.2, 0.25) is 5.91 Å². The van der Waals surface area contributed by atoms with Crippen LogP contribution in [0, 0.1) is 0 Å². The van der Waals surface area contributed by atoms with E-state index in [0.29, 0.717) is 5.69 Å². The van der Waals surface area contributed by atoms with E-state index >= 15 is 0 Å². The van der Waals surface area contributed by atoms with Gasteiger partial charge in [-0.25, -0.2) is 0 Å². The molecular formula is C16H22F3N3O2. The van der Waals surface area contributed by atoms with Gasteiger partial charge in [0, 0.05) is 37.6 Å². The monoisotopic (exact) mass is 345 g/mol. The van der Waals surface area contributed by atoms with Crippen molar-refractivity contribution in [1.82, 2.24) is 4.90 Å². The molecule has 5 nitrogen and oxygen atoms in total. The minimum absolute atomic E-state index is 0.115. The second kappa shape index (κ2) is 8.34. The summed E-state index contributed by atoms with van der Waals surface area (Å²) in [5, 5.41) is 2.65. The molecule has 8 heteroatoms. The van der Waals surface area contributed by atoms with Gasteiger partial charge in [-0.15, -0.1) is 0 Å². The number of anilines is 2. The third-order valence-electron chi connectivity index (χ3n) is 3.76. The zero-order valence-electron chi connectivity index (χ0n) is 13.6. The summed E-state index contributed by atoms with van der Waals surface area (Å²) in [7, 11) is 2.09. The van der Waals surface area contributed by atoms with Gasteiger partial charge in [-0.1, -0.05) is 0 Å². The van der Waals surface area contributed by atoms with Crippen molar-refractivity contribution in [1.29, 1.82) is 0 Å². The second-order valence-corrected chi connectivity index (χ2v) is 5.80. The van der Waals surface area contributed by atoms with Crippen LogP contribution in [-0.2, 0) is 9.53 Å². The zero-order valence-corrected chi connectivity index (χ0v) is 13.6. The fourth-order valence-electron chi connectivity index (χ4n) is 2.40. The summed E-state index contributed by atoms with van der Waals surface area (Å²) in [6.45, 7) is 2.34. The minimum atomic E-state index is -4.37. The Bertz CT molecular complexity index is 526. The molecule has 134 valence electrons. The van der Waals surface area contributed by atoms with Gasteiger partial charge >= 0.3 is 6.18 Å². The van der Waals surface area contributed by atoms with Crippen LogP contribution >= 0.6 is 0 Å². The van der Waals surface area contributed by atoms with Gasteiger partial charge in [0.05, 0.1) is 13.0 Å². The predicted octanol–water partition coefficient (Wildman–Crippen LogP) is 2.35. The third-order valence-corrected chi connectivity index (χ3v) is 3.76. The van der Waals surface area contributed by atoms with Crippen molar-refractivity contribution in [3.63, 3.8) is 0 Å². The molecule has 0 saturated carbocycles. The molecule has 1 amide bonds. The number of piperazine rings is 1. The topological polar surface area (TPSA) is 44.8 Å². The molecule has 1 aliphatic heterocycles. The number of benzene rings is 1. The first-order valence-electron chi connectivity index (χ1n) is 7.81. The van der Waals surface area contributed by atoms with E-state index in [1.165, 1.54) is 0 Å². The highest BCUT2D eigenvalue weighted by molar-refractivity contribution is 5.90. The lowest BCUT2D eigenvalue weighted by molar-refractivity contribution is -0.174. The van der Waals surface area contributed by atoms with Crippen LogP contribution < -0.4 is 10.2 Å². The molecule has 0 unspecified atom stereocenters. The van der Waals surface area contributed by atoms with Gasteiger partial charge in [0.1, 0.15) is 6.61 Å². The largest absolute Gasteiger partial charge is 0.411 e. The van der Waals surface area contributed by atoms with Crippen LogP contribution in [0.25, 0.3) is 0 Å². The van der Waals surface area contributed by atoms with Crippen molar-refractivity contribution in [3.8, 4) is 0 Å². The van der Waals surface area contributed by atoms with E-state index in [0.717, 1.165) is 31.9 Å². The van der Waals surface area contributed by atoms with Crippen molar-refractivity contribution in [2.45, 2.75) is 12.6 Å². The van der Waals surface area contributed by atoms with E-state index in [2.05, 4.69) is 26.9 Å². The molecule has 1 fully saturated rings. The van der Waals surface area contributed by atoms with Gasteiger partial charge in [-0.3, -0.25) is 4.79 Å². The van der Waals surface area contributed by atoms with Crippen LogP contribution in [0.4, 0.5) is 24.5 Å². The van der Waals surface area contributed by atoms with E-state index in [1.54, 1.807) is 12.1 Å². The van der Waals surface area contributed by atoms with Crippen LogP contribution in [-0.4, -0.2) is 63.4 Å². The molecular weight excluding hydrogens is 323 g/mol. The molecule has 1 heterocycles. The molecule has 0 spiro atoms. The van der Waals surface area contributed by atoms with E-state index in [-0.39, 0.29) is 18.9 Å². The van der Waals surface area contributed by atoms with Crippen LogP contribution in [0.2, 0.25) is 0 Å². The Labute approximate surface area is 139 Å². The normalized spacial score (nSPS) is 16.2. The number of halogens is 3. The van der Waals surface area contributed by atoms with Crippen LogP contribution in [0.1, 0.15) is 6.42 Å². The molecule has 1 aliphatic rings. The number of carbonyl (C=O) groups excluding carboxylic acids is 1. The fraction of sp³-hybridized carbons (Fsp3) is 0.562. The summed E-state index contributed by atoms with van der Waals surface area (Å²) in [6, 6.07) is 7.45. The molecule has 0 aliphatic carbocycles. The molecule has 0 bridgehead atoms. The lowest BCUT2D eigenvalue weighted by Gasteiger charge is -2.34. The maximum Gasteiger partial charge on any atom is 0.411 e. The number of alkyl halides is 3. The number of carbonyl (C=O) groups is 1. The van der Waals surface area contributed by atoms with E-state index in [9.17, 15) is 18.0 Å². The zero-order chi connectivity index (χ0) is 17.6. The van der Waals surface area contributed by atoms with E-state index < -0.39 is 12.8 Å². The number of hydrogen-bond donors (Lipinski definition) is 1. The maximum absolute atomic E-state index is 11.9. The number of rotatable bonds is 6. The highest BCUT2D eigenvalue weighted by Crippen LogP contribution is 2.19. The Hall–Kier alpha value is -1.80. The molecule has 1 aromatic carbocycles. The molecule has 1 N–H and O–H groups in total. The van der Waals surface area contributed by atoms with Gasteiger partial charge in [-0.2, -0.15) is 13.2 Å². The number of ether oxygens (including phenoxy) is 1. The highest BCUT2D eigenvalue weighted by Gasteiger charge is 2.27. The molecule has 0 atom stereocenters. The number of nitrogens with one attached hydrogen (secondary N) is 1. The average Bonchev–Trinajstić information content (AvgIpc) is 2.52. The predicted molar refractivity (Wildman–Crippen MR) is 86.3 cm³/mol. The molecule has 1 aromatic rings. The lowest BCUT2D eigenvalue weighted by Crippen LogP contribution is -2.44. The SMILES string of the molecule is CN1CCN(c2ccc(NC(=O)CCOCC(F)(F)F)cc2)CC1. The van der Waals surface area contributed by atoms with E-state index in [4.69, 9.17) is 0 Å². The Balaban J connectivity index is 1.74. The first-order chi connectivity index (χ1) is 11.3. The van der Waals surface area contributed by atoms with Crippen LogP contribution in [0.5, 0.6) is 0 Å². The summed E-state index contributed by atoms with van der Waals surface area (Å²) in [4.78, 5) is 16.2. The molecule has 1 saturated heterocycles. The van der Waals surface area contributed by atoms with Crippen molar-refractivity contribution in [3.05, 3.63) is 24.3 Å². The summed E-state index contributed by atoms with van der Waals surface area (Å²) in [5.74, 6) is -0.371. The van der Waals surface area contributed by atoms with Crippen LogP contribution in [0.15, 0.2) is 24.3 Å². The number of likely N-dealkylation sites (N-methyl/N-ethyl adjacent to an activating group) is 1. The summed E-state index contributed by atoms with van der Waals surface area (Å²) < 4.78 is 40.1. The van der Waals surface area contributed by atoms with E-state index in [1.807, 2.05) is 12.1 Å².